The molecule has 8 nitrogen and oxygen atoms in total. The molecule has 196 valence electrons. The average Bonchev–Trinajstić information content (AvgIpc) is 3.52. The number of nitrogens with one attached hydrogen (secondary N) is 3. The first-order valence-electron chi connectivity index (χ1n) is 12.7. The molecule has 0 bridgehead atoms. The lowest BCUT2D eigenvalue weighted by Gasteiger charge is -2.23. The lowest BCUT2D eigenvalue weighted by Crippen LogP contribution is -2.43. The molecule has 3 heterocycles. The Morgan fingerprint density at radius 1 is 1.05 bits per heavy atom. The maximum atomic E-state index is 13.0. The summed E-state index contributed by atoms with van der Waals surface area (Å²) in [5.74, 6) is -0.506. The molecule has 39 heavy (non-hydrogen) atoms. The molecule has 4 aromatic rings. The van der Waals surface area contributed by atoms with Gasteiger partial charge in [-0.05, 0) is 66.7 Å². The number of benzene rings is 2. The quantitative estimate of drug-likeness (QED) is 0.257. The van der Waals surface area contributed by atoms with E-state index in [0.29, 0.717) is 39.4 Å². The molecule has 9 heteroatoms. The van der Waals surface area contributed by atoms with Crippen LogP contribution in [-0.2, 0) is 0 Å². The molecule has 2 aromatic carbocycles. The number of aromatic hydroxyl groups is 1. The van der Waals surface area contributed by atoms with Crippen LogP contribution >= 0.6 is 11.3 Å². The predicted octanol–water partition coefficient (Wildman–Crippen LogP) is 5.18. The van der Waals surface area contributed by atoms with E-state index in [1.54, 1.807) is 72.1 Å². The van der Waals surface area contributed by atoms with Gasteiger partial charge < -0.3 is 21.1 Å². The summed E-state index contributed by atoms with van der Waals surface area (Å²) in [6.45, 7) is 1.50. The molecule has 1 aliphatic rings. The zero-order chi connectivity index (χ0) is 27.2. The normalized spacial score (nSPS) is 14.8. The number of aromatic nitrogens is 1. The molecule has 1 saturated heterocycles. The summed E-state index contributed by atoms with van der Waals surface area (Å²) in [6, 6.07) is 21.3. The molecule has 1 unspecified atom stereocenters. The number of para-hydroxylation sites is 1. The number of phenols is 1. The molecule has 0 spiro atoms. The SMILES string of the molecule is N#Cc1c(-c2cccc(C(=O)NCC3CCCCN3)c2)cc(-c2ccccc2O)nc1NC(=O)c1cccs1. The maximum absolute atomic E-state index is 13.0. The summed E-state index contributed by atoms with van der Waals surface area (Å²) in [5.41, 5.74) is 2.53. The Bertz CT molecular complexity index is 1540. The van der Waals surface area contributed by atoms with E-state index in [0.717, 1.165) is 25.8 Å². The van der Waals surface area contributed by atoms with Crippen molar-refractivity contribution in [2.45, 2.75) is 25.3 Å². The number of anilines is 1. The second kappa shape index (κ2) is 11.9. The lowest BCUT2D eigenvalue weighted by atomic mass is 9.96. The number of pyridine rings is 1. The van der Waals surface area contributed by atoms with E-state index in [9.17, 15) is 20.0 Å². The van der Waals surface area contributed by atoms with Gasteiger partial charge in [-0.3, -0.25) is 9.59 Å². The maximum Gasteiger partial charge on any atom is 0.266 e. The Morgan fingerprint density at radius 3 is 2.67 bits per heavy atom. The van der Waals surface area contributed by atoms with Gasteiger partial charge in [0, 0.05) is 29.3 Å². The van der Waals surface area contributed by atoms with Crippen molar-refractivity contribution >= 4 is 29.0 Å². The van der Waals surface area contributed by atoms with Crippen LogP contribution in [0.25, 0.3) is 22.4 Å². The first-order chi connectivity index (χ1) is 19.0. The van der Waals surface area contributed by atoms with Gasteiger partial charge in [0.15, 0.2) is 5.82 Å². The highest BCUT2D eigenvalue weighted by Crippen LogP contribution is 2.36. The second-order valence-corrected chi connectivity index (χ2v) is 10.2. The number of nitriles is 1. The fraction of sp³-hybridized carbons (Fsp3) is 0.200. The summed E-state index contributed by atoms with van der Waals surface area (Å²) in [4.78, 5) is 30.9. The van der Waals surface area contributed by atoms with Crippen molar-refractivity contribution in [3.8, 4) is 34.2 Å². The van der Waals surface area contributed by atoms with Crippen LogP contribution in [0.2, 0.25) is 0 Å². The highest BCUT2D eigenvalue weighted by molar-refractivity contribution is 7.12. The smallest absolute Gasteiger partial charge is 0.266 e. The van der Waals surface area contributed by atoms with Crippen LogP contribution in [0.1, 0.15) is 44.9 Å². The summed E-state index contributed by atoms with van der Waals surface area (Å²) >= 11 is 1.28. The Kier molecular flexibility index (Phi) is 7.96. The molecule has 4 N–H and O–H groups in total. The van der Waals surface area contributed by atoms with Gasteiger partial charge in [-0.1, -0.05) is 36.8 Å². The van der Waals surface area contributed by atoms with Crippen molar-refractivity contribution in [1.29, 1.82) is 5.26 Å². The summed E-state index contributed by atoms with van der Waals surface area (Å²) in [6.07, 6.45) is 3.32. The van der Waals surface area contributed by atoms with Gasteiger partial charge in [0.2, 0.25) is 0 Å². The molecule has 1 fully saturated rings. The van der Waals surface area contributed by atoms with Crippen LogP contribution < -0.4 is 16.0 Å². The summed E-state index contributed by atoms with van der Waals surface area (Å²) < 4.78 is 0. The zero-order valence-corrected chi connectivity index (χ0v) is 21.9. The Morgan fingerprint density at radius 2 is 1.92 bits per heavy atom. The predicted molar refractivity (Wildman–Crippen MR) is 152 cm³/mol. The first-order valence-corrected chi connectivity index (χ1v) is 13.6. The van der Waals surface area contributed by atoms with Crippen LogP contribution in [-0.4, -0.2) is 41.0 Å². The molecule has 1 atom stereocenters. The van der Waals surface area contributed by atoms with Crippen LogP contribution in [0.3, 0.4) is 0 Å². The van der Waals surface area contributed by atoms with E-state index in [4.69, 9.17) is 0 Å². The molecule has 2 amide bonds. The highest BCUT2D eigenvalue weighted by Gasteiger charge is 2.20. The van der Waals surface area contributed by atoms with Gasteiger partial charge in [-0.2, -0.15) is 5.26 Å². The van der Waals surface area contributed by atoms with E-state index < -0.39 is 0 Å². The van der Waals surface area contributed by atoms with Gasteiger partial charge in [0.05, 0.1) is 10.6 Å². The fourth-order valence-electron chi connectivity index (χ4n) is 4.63. The minimum Gasteiger partial charge on any atom is -0.507 e. The third-order valence-corrected chi connectivity index (χ3v) is 7.51. The van der Waals surface area contributed by atoms with E-state index in [1.807, 2.05) is 0 Å². The third kappa shape index (κ3) is 5.98. The number of hydrogen-bond acceptors (Lipinski definition) is 7. The largest absolute Gasteiger partial charge is 0.507 e. The van der Waals surface area contributed by atoms with Crippen molar-refractivity contribution < 1.29 is 14.7 Å². The minimum absolute atomic E-state index is 0.0145. The lowest BCUT2D eigenvalue weighted by molar-refractivity contribution is 0.0947. The molecule has 0 saturated carbocycles. The van der Waals surface area contributed by atoms with Crippen LogP contribution in [0.15, 0.2) is 72.1 Å². The third-order valence-electron chi connectivity index (χ3n) is 6.65. The number of nitrogens with zero attached hydrogens (tertiary/aromatic N) is 2. The molecule has 2 aromatic heterocycles. The molecule has 5 rings (SSSR count). The van der Waals surface area contributed by atoms with Crippen LogP contribution in [0, 0.1) is 11.3 Å². The molecule has 0 aliphatic carbocycles. The molecule has 1 aliphatic heterocycles. The summed E-state index contributed by atoms with van der Waals surface area (Å²) in [5, 5.41) is 31.7. The van der Waals surface area contributed by atoms with Gasteiger partial charge >= 0.3 is 0 Å². The van der Waals surface area contributed by atoms with E-state index >= 15 is 0 Å². The number of phenolic OH excluding ortho intramolecular Hbond substituents is 1. The number of hydrogen-bond donors (Lipinski definition) is 4. The number of amides is 2. The molecular weight excluding hydrogens is 510 g/mol. The van der Waals surface area contributed by atoms with Crippen molar-refractivity contribution in [3.63, 3.8) is 0 Å². The number of rotatable bonds is 7. The Labute approximate surface area is 230 Å². The second-order valence-electron chi connectivity index (χ2n) is 9.28. The minimum atomic E-state index is -0.390. The number of carbonyl (C=O) groups excluding carboxylic acids is 2. The average molecular weight is 538 g/mol. The molecular formula is C30H27N5O3S. The van der Waals surface area contributed by atoms with Crippen molar-refractivity contribution in [3.05, 3.63) is 88.1 Å². The molecule has 0 radical (unpaired) electrons. The van der Waals surface area contributed by atoms with Gasteiger partial charge in [0.25, 0.3) is 11.8 Å². The highest BCUT2D eigenvalue weighted by atomic mass is 32.1. The van der Waals surface area contributed by atoms with Crippen molar-refractivity contribution in [2.24, 2.45) is 0 Å². The van der Waals surface area contributed by atoms with Crippen LogP contribution in [0.5, 0.6) is 5.75 Å². The van der Waals surface area contributed by atoms with Gasteiger partial charge in [-0.15, -0.1) is 11.3 Å². The van der Waals surface area contributed by atoms with Crippen molar-refractivity contribution in [1.82, 2.24) is 15.6 Å². The Balaban J connectivity index is 1.53. The fourth-order valence-corrected chi connectivity index (χ4v) is 5.24. The standard InChI is InChI=1S/C30H27N5O3S/c31-17-24-23(19-7-5-8-20(15-19)29(37)33-18-21-9-3-4-13-32-21)16-25(22-10-1-2-11-26(22)36)34-28(24)35-30(38)27-12-6-14-39-27/h1-2,5-8,10-12,14-16,21,32,36H,3-4,9,13,18H2,(H,33,37)(H,34,35,38). The van der Waals surface area contributed by atoms with Crippen molar-refractivity contribution in [2.75, 3.05) is 18.4 Å². The number of piperidine rings is 1. The summed E-state index contributed by atoms with van der Waals surface area (Å²) in [7, 11) is 0. The number of carbonyl (C=O) groups is 2. The monoisotopic (exact) mass is 537 g/mol. The Hall–Kier alpha value is -4.52. The first kappa shape index (κ1) is 26.1. The number of thiophene rings is 1. The zero-order valence-electron chi connectivity index (χ0n) is 21.1. The van der Waals surface area contributed by atoms with E-state index in [1.165, 1.54) is 11.3 Å². The van der Waals surface area contributed by atoms with E-state index in [-0.39, 0.29) is 35.0 Å². The van der Waals surface area contributed by atoms with Gasteiger partial charge in [0.1, 0.15) is 17.4 Å². The topological polar surface area (TPSA) is 127 Å². The van der Waals surface area contributed by atoms with Crippen LogP contribution in [0.4, 0.5) is 5.82 Å². The van der Waals surface area contributed by atoms with Gasteiger partial charge in [-0.25, -0.2) is 4.98 Å². The van der Waals surface area contributed by atoms with E-state index in [2.05, 4.69) is 27.0 Å².